The number of ether oxygens (including phenoxy) is 2. The van der Waals surface area contributed by atoms with E-state index in [0.717, 1.165) is 43.5 Å². The van der Waals surface area contributed by atoms with Crippen molar-refractivity contribution >= 4 is 47.4 Å². The van der Waals surface area contributed by atoms with Crippen molar-refractivity contribution in [3.8, 4) is 0 Å². The molecule has 1 aromatic carbocycles. The van der Waals surface area contributed by atoms with Crippen LogP contribution in [0.3, 0.4) is 0 Å². The molecule has 1 aromatic heterocycles. The number of rotatable bonds is 10. The number of pyridine rings is 1. The van der Waals surface area contributed by atoms with Crippen molar-refractivity contribution in [2.45, 2.75) is 32.5 Å². The van der Waals surface area contributed by atoms with Gasteiger partial charge in [-0.1, -0.05) is 35.9 Å². The highest BCUT2D eigenvalue weighted by Crippen LogP contribution is 2.25. The maximum Gasteiger partial charge on any atom is 0.191 e. The Morgan fingerprint density at radius 2 is 2.03 bits per heavy atom. The lowest BCUT2D eigenvalue weighted by Gasteiger charge is -2.20. The number of anilines is 1. The first-order valence-corrected chi connectivity index (χ1v) is 11.1. The Labute approximate surface area is 213 Å². The number of guanidine groups is 1. The minimum Gasteiger partial charge on any atom is -0.379 e. The van der Waals surface area contributed by atoms with Crippen molar-refractivity contribution in [1.29, 1.82) is 0 Å². The van der Waals surface area contributed by atoms with Gasteiger partial charge in [0.25, 0.3) is 0 Å². The van der Waals surface area contributed by atoms with Crippen LogP contribution in [0.4, 0.5) is 5.82 Å². The van der Waals surface area contributed by atoms with E-state index in [2.05, 4.69) is 49.8 Å². The molecule has 7 nitrogen and oxygen atoms in total. The van der Waals surface area contributed by atoms with E-state index >= 15 is 0 Å². The summed E-state index contributed by atoms with van der Waals surface area (Å²) >= 11 is 6.29. The predicted molar refractivity (Wildman–Crippen MR) is 141 cm³/mol. The van der Waals surface area contributed by atoms with Gasteiger partial charge in [-0.3, -0.25) is 4.99 Å². The van der Waals surface area contributed by atoms with E-state index in [0.29, 0.717) is 31.4 Å². The second-order valence-corrected chi connectivity index (χ2v) is 7.79. The van der Waals surface area contributed by atoms with E-state index in [1.54, 1.807) is 13.2 Å². The zero-order valence-electron chi connectivity index (χ0n) is 18.7. The minimum atomic E-state index is 0. The fourth-order valence-corrected chi connectivity index (χ4v) is 3.78. The van der Waals surface area contributed by atoms with E-state index in [-0.39, 0.29) is 30.0 Å². The van der Waals surface area contributed by atoms with Gasteiger partial charge in [-0.05, 0) is 36.6 Å². The van der Waals surface area contributed by atoms with Crippen LogP contribution in [0.15, 0.2) is 47.6 Å². The first-order chi connectivity index (χ1) is 15.2. The second-order valence-electron chi connectivity index (χ2n) is 7.38. The Bertz CT molecular complexity index is 855. The lowest BCUT2D eigenvalue weighted by atomic mass is 10.1. The van der Waals surface area contributed by atoms with Crippen LogP contribution in [-0.2, 0) is 22.6 Å². The zero-order valence-corrected chi connectivity index (χ0v) is 21.8. The highest BCUT2D eigenvalue weighted by molar-refractivity contribution is 14.0. The van der Waals surface area contributed by atoms with Crippen LogP contribution in [0.25, 0.3) is 0 Å². The first kappa shape index (κ1) is 26.6. The van der Waals surface area contributed by atoms with Crippen LogP contribution in [0.5, 0.6) is 0 Å². The molecule has 2 aromatic rings. The number of aromatic nitrogens is 1. The minimum absolute atomic E-state index is 0. The van der Waals surface area contributed by atoms with Crippen molar-refractivity contribution in [3.63, 3.8) is 0 Å². The fraction of sp³-hybridized carbons (Fsp3) is 0.478. The molecule has 1 aliphatic heterocycles. The largest absolute Gasteiger partial charge is 0.379 e. The highest BCUT2D eigenvalue weighted by atomic mass is 127. The molecule has 2 heterocycles. The van der Waals surface area contributed by atoms with Gasteiger partial charge in [-0.2, -0.15) is 0 Å². The summed E-state index contributed by atoms with van der Waals surface area (Å²) in [6.07, 6.45) is 2.78. The maximum atomic E-state index is 6.29. The zero-order chi connectivity index (χ0) is 21.9. The molecule has 9 heteroatoms. The maximum absolute atomic E-state index is 6.29. The van der Waals surface area contributed by atoms with Gasteiger partial charge in [0.2, 0.25) is 0 Å². The molecule has 1 atom stereocenters. The summed E-state index contributed by atoms with van der Waals surface area (Å²) in [5.74, 6) is 1.63. The van der Waals surface area contributed by atoms with E-state index in [4.69, 9.17) is 21.1 Å². The molecule has 176 valence electrons. The van der Waals surface area contributed by atoms with E-state index in [9.17, 15) is 0 Å². The number of halogens is 2. The summed E-state index contributed by atoms with van der Waals surface area (Å²) in [6.45, 7) is 6.97. The third-order valence-corrected chi connectivity index (χ3v) is 5.38. The molecule has 1 saturated heterocycles. The Morgan fingerprint density at radius 3 is 2.81 bits per heavy atom. The normalized spacial score (nSPS) is 16.0. The summed E-state index contributed by atoms with van der Waals surface area (Å²) < 4.78 is 11.0. The van der Waals surface area contributed by atoms with Crippen molar-refractivity contribution in [2.75, 3.05) is 44.9 Å². The Morgan fingerprint density at radius 1 is 1.22 bits per heavy atom. The number of aliphatic imine (C=N–C) groups is 1. The molecule has 0 aliphatic carbocycles. The summed E-state index contributed by atoms with van der Waals surface area (Å²) in [5.41, 5.74) is 2.33. The summed E-state index contributed by atoms with van der Waals surface area (Å²) in [6, 6.07) is 12.4. The molecular formula is C23H33ClIN5O2. The van der Waals surface area contributed by atoms with Crippen LogP contribution in [0.2, 0.25) is 5.02 Å². The Kier molecular flexibility index (Phi) is 12.1. The molecule has 1 fully saturated rings. The van der Waals surface area contributed by atoms with Crippen molar-refractivity contribution in [3.05, 3.63) is 58.7 Å². The fourth-order valence-electron chi connectivity index (χ4n) is 3.54. The molecule has 0 radical (unpaired) electrons. The van der Waals surface area contributed by atoms with Gasteiger partial charge in [-0.15, -0.1) is 24.0 Å². The molecule has 2 N–H and O–H groups in total. The van der Waals surface area contributed by atoms with Gasteiger partial charge in [0.05, 0.1) is 24.8 Å². The number of nitrogens with zero attached hydrogens (tertiary/aromatic N) is 3. The summed E-state index contributed by atoms with van der Waals surface area (Å²) in [4.78, 5) is 11.0. The summed E-state index contributed by atoms with van der Waals surface area (Å²) in [5, 5.41) is 7.61. The van der Waals surface area contributed by atoms with Gasteiger partial charge in [-0.25, -0.2) is 4.98 Å². The van der Waals surface area contributed by atoms with Gasteiger partial charge in [0, 0.05) is 45.5 Å². The number of hydrogen-bond acceptors (Lipinski definition) is 5. The van der Waals surface area contributed by atoms with E-state index in [1.807, 2.05) is 19.1 Å². The molecular weight excluding hydrogens is 541 g/mol. The number of nitrogens with one attached hydrogen (secondary N) is 2. The average molecular weight is 574 g/mol. The standard InChI is InChI=1S/C23H32ClN5O2.HI/c1-3-30-12-13-31-17-19-7-4-6-18(14-19)15-27-23(25-2)28-20-9-11-29(16-20)22-21(24)8-5-10-26-22;/h4-8,10,14,20H,3,9,11-13,15-17H2,1-2H3,(H2,25,27,28);1H. The second kappa shape index (κ2) is 14.5. The lowest BCUT2D eigenvalue weighted by molar-refractivity contribution is 0.0453. The predicted octanol–water partition coefficient (Wildman–Crippen LogP) is 3.85. The van der Waals surface area contributed by atoms with Crippen molar-refractivity contribution < 1.29 is 9.47 Å². The molecule has 0 amide bonds. The van der Waals surface area contributed by atoms with E-state index in [1.165, 1.54) is 5.56 Å². The van der Waals surface area contributed by atoms with Crippen LogP contribution >= 0.6 is 35.6 Å². The van der Waals surface area contributed by atoms with Gasteiger partial charge in [0.1, 0.15) is 5.82 Å². The molecule has 1 aliphatic rings. The number of hydrogen-bond donors (Lipinski definition) is 2. The quantitative estimate of drug-likeness (QED) is 0.195. The van der Waals surface area contributed by atoms with Crippen molar-refractivity contribution in [2.24, 2.45) is 4.99 Å². The van der Waals surface area contributed by atoms with Crippen LogP contribution in [0, 0.1) is 0 Å². The van der Waals surface area contributed by atoms with E-state index < -0.39 is 0 Å². The highest BCUT2D eigenvalue weighted by Gasteiger charge is 2.25. The molecule has 3 rings (SSSR count). The van der Waals surface area contributed by atoms with Crippen LogP contribution in [-0.4, -0.2) is 56.9 Å². The third kappa shape index (κ3) is 8.38. The topological polar surface area (TPSA) is 71.0 Å². The van der Waals surface area contributed by atoms with Crippen molar-refractivity contribution in [1.82, 2.24) is 15.6 Å². The van der Waals surface area contributed by atoms with Crippen LogP contribution in [0.1, 0.15) is 24.5 Å². The molecule has 0 spiro atoms. The summed E-state index contributed by atoms with van der Waals surface area (Å²) in [7, 11) is 1.79. The number of benzene rings is 1. The SMILES string of the molecule is CCOCCOCc1cccc(CNC(=NC)NC2CCN(c3ncccc3Cl)C2)c1.I. The van der Waals surface area contributed by atoms with Gasteiger partial charge < -0.3 is 25.0 Å². The lowest BCUT2D eigenvalue weighted by Crippen LogP contribution is -2.44. The Hall–Kier alpha value is -1.62. The van der Waals surface area contributed by atoms with Crippen LogP contribution < -0.4 is 15.5 Å². The first-order valence-electron chi connectivity index (χ1n) is 10.8. The Balaban J connectivity index is 0.00000363. The third-order valence-electron chi connectivity index (χ3n) is 5.09. The monoisotopic (exact) mass is 573 g/mol. The molecule has 1 unspecified atom stereocenters. The molecule has 0 bridgehead atoms. The molecule has 0 saturated carbocycles. The van der Waals surface area contributed by atoms with Gasteiger partial charge >= 0.3 is 0 Å². The van der Waals surface area contributed by atoms with Gasteiger partial charge in [0.15, 0.2) is 5.96 Å². The average Bonchev–Trinajstić information content (AvgIpc) is 3.25. The molecule has 32 heavy (non-hydrogen) atoms. The smallest absolute Gasteiger partial charge is 0.191 e.